The molecular weight excluding hydrogens is 244 g/mol. The second-order valence-corrected chi connectivity index (χ2v) is 4.86. The first-order valence-corrected chi connectivity index (χ1v) is 6.00. The Balaban J connectivity index is 2.11. The van der Waals surface area contributed by atoms with Gasteiger partial charge in [0.15, 0.2) is 0 Å². The maximum atomic E-state index is 5.78. The first kappa shape index (κ1) is 11.3. The van der Waals surface area contributed by atoms with Gasteiger partial charge >= 0.3 is 0 Å². The lowest BCUT2D eigenvalue weighted by atomic mass is 10.4. The van der Waals surface area contributed by atoms with Crippen LogP contribution in [0.3, 0.4) is 0 Å². The van der Waals surface area contributed by atoms with E-state index >= 15 is 0 Å². The molecule has 0 aromatic carbocycles. The molecule has 0 bridgehead atoms. The van der Waals surface area contributed by atoms with Crippen LogP contribution in [-0.4, -0.2) is 22.0 Å². The maximum Gasteiger partial charge on any atom is 0.149 e. The Labute approximate surface area is 103 Å². The van der Waals surface area contributed by atoms with E-state index in [-0.39, 0.29) is 0 Å². The van der Waals surface area contributed by atoms with Gasteiger partial charge in [-0.1, -0.05) is 11.6 Å². The first-order valence-electron chi connectivity index (χ1n) is 4.75. The molecule has 0 aliphatic carbocycles. The van der Waals surface area contributed by atoms with Crippen molar-refractivity contribution in [2.45, 2.75) is 13.5 Å². The molecule has 0 radical (unpaired) electrons. The molecule has 2 heterocycles. The van der Waals surface area contributed by atoms with Crippen LogP contribution in [0, 0.1) is 6.92 Å². The minimum Gasteiger partial charge on any atom is -0.352 e. The molecule has 4 nitrogen and oxygen atoms in total. The normalized spacial score (nSPS) is 10.4. The van der Waals surface area contributed by atoms with Crippen molar-refractivity contribution in [3.8, 4) is 0 Å². The lowest BCUT2D eigenvalue weighted by molar-refractivity contribution is 0.864. The summed E-state index contributed by atoms with van der Waals surface area (Å²) >= 11 is 7.43. The smallest absolute Gasteiger partial charge is 0.149 e. The van der Waals surface area contributed by atoms with Gasteiger partial charge in [0.05, 0.1) is 29.6 Å². The summed E-state index contributed by atoms with van der Waals surface area (Å²) in [6.45, 7) is 2.70. The predicted molar refractivity (Wildman–Crippen MR) is 66.0 cm³/mol. The molecule has 2 aromatic heterocycles. The van der Waals surface area contributed by atoms with Gasteiger partial charge in [-0.15, -0.1) is 11.3 Å². The monoisotopic (exact) mass is 254 g/mol. The molecule has 0 fully saturated rings. The van der Waals surface area contributed by atoms with Crippen molar-refractivity contribution in [1.29, 1.82) is 0 Å². The summed E-state index contributed by atoms with van der Waals surface area (Å²) < 4.78 is 0. The van der Waals surface area contributed by atoms with Gasteiger partial charge in [-0.05, 0) is 6.92 Å². The molecule has 0 saturated carbocycles. The van der Waals surface area contributed by atoms with Crippen LogP contribution in [0.2, 0.25) is 5.15 Å². The van der Waals surface area contributed by atoms with Gasteiger partial charge < -0.3 is 4.90 Å². The molecule has 0 amide bonds. The molecule has 84 valence electrons. The molecule has 2 rings (SSSR count). The molecule has 0 unspecified atom stereocenters. The second kappa shape index (κ2) is 4.76. The lowest BCUT2D eigenvalue weighted by Gasteiger charge is -2.16. The van der Waals surface area contributed by atoms with E-state index in [9.17, 15) is 0 Å². The zero-order chi connectivity index (χ0) is 11.5. The zero-order valence-electron chi connectivity index (χ0n) is 9.01. The van der Waals surface area contributed by atoms with Crippen LogP contribution in [0.5, 0.6) is 0 Å². The van der Waals surface area contributed by atoms with E-state index in [1.807, 2.05) is 24.3 Å². The van der Waals surface area contributed by atoms with Gasteiger partial charge in [0.25, 0.3) is 0 Å². The predicted octanol–water partition coefficient (Wildman–Crippen LogP) is 2.53. The number of aromatic nitrogens is 3. The summed E-state index contributed by atoms with van der Waals surface area (Å²) in [6.07, 6.45) is 3.21. The SMILES string of the molecule is Cc1nc(CN(C)c2cncc(Cl)n2)cs1. The van der Waals surface area contributed by atoms with E-state index in [1.165, 1.54) is 6.20 Å². The molecule has 0 N–H and O–H groups in total. The van der Waals surface area contributed by atoms with Gasteiger partial charge in [-0.2, -0.15) is 0 Å². The summed E-state index contributed by atoms with van der Waals surface area (Å²) in [4.78, 5) is 14.5. The van der Waals surface area contributed by atoms with E-state index in [4.69, 9.17) is 11.6 Å². The summed E-state index contributed by atoms with van der Waals surface area (Å²) in [7, 11) is 1.94. The van der Waals surface area contributed by atoms with Crippen molar-refractivity contribution in [2.75, 3.05) is 11.9 Å². The van der Waals surface area contributed by atoms with Gasteiger partial charge in [0, 0.05) is 12.4 Å². The molecule has 0 atom stereocenters. The van der Waals surface area contributed by atoms with Crippen molar-refractivity contribution < 1.29 is 0 Å². The highest BCUT2D eigenvalue weighted by atomic mass is 35.5. The number of hydrogen-bond donors (Lipinski definition) is 0. The van der Waals surface area contributed by atoms with Crippen molar-refractivity contribution >= 4 is 28.8 Å². The third kappa shape index (κ3) is 2.68. The fourth-order valence-corrected chi connectivity index (χ4v) is 2.07. The van der Waals surface area contributed by atoms with E-state index < -0.39 is 0 Å². The summed E-state index contributed by atoms with van der Waals surface area (Å²) in [5.41, 5.74) is 1.03. The number of nitrogens with zero attached hydrogens (tertiary/aromatic N) is 4. The number of anilines is 1. The summed E-state index contributed by atoms with van der Waals surface area (Å²) in [6, 6.07) is 0. The summed E-state index contributed by atoms with van der Waals surface area (Å²) in [5, 5.41) is 3.52. The third-order valence-corrected chi connectivity index (χ3v) is 3.05. The van der Waals surface area contributed by atoms with Crippen LogP contribution in [0.25, 0.3) is 0 Å². The van der Waals surface area contributed by atoms with Crippen molar-refractivity contribution in [1.82, 2.24) is 15.0 Å². The molecule has 2 aromatic rings. The molecule has 16 heavy (non-hydrogen) atoms. The maximum absolute atomic E-state index is 5.78. The van der Waals surface area contributed by atoms with Crippen LogP contribution in [0.1, 0.15) is 10.7 Å². The van der Waals surface area contributed by atoms with Gasteiger partial charge in [-0.25, -0.2) is 9.97 Å². The number of rotatable bonds is 3. The Morgan fingerprint density at radius 1 is 1.38 bits per heavy atom. The Kier molecular flexibility index (Phi) is 3.36. The van der Waals surface area contributed by atoms with Crippen molar-refractivity contribution in [3.63, 3.8) is 0 Å². The Morgan fingerprint density at radius 3 is 2.81 bits per heavy atom. The first-order chi connectivity index (χ1) is 7.65. The zero-order valence-corrected chi connectivity index (χ0v) is 10.6. The highest BCUT2D eigenvalue weighted by Crippen LogP contribution is 2.15. The third-order valence-electron chi connectivity index (χ3n) is 2.05. The highest BCUT2D eigenvalue weighted by Gasteiger charge is 2.06. The van der Waals surface area contributed by atoms with E-state index in [0.29, 0.717) is 11.7 Å². The average Bonchev–Trinajstić information content (AvgIpc) is 2.64. The standard InChI is InChI=1S/C10H11ClN4S/c1-7-13-8(6-16-7)5-15(2)10-4-12-3-9(11)14-10/h3-4,6H,5H2,1-2H3. The quantitative estimate of drug-likeness (QED) is 0.844. The van der Waals surface area contributed by atoms with E-state index in [1.54, 1.807) is 17.5 Å². The Morgan fingerprint density at radius 2 is 2.19 bits per heavy atom. The molecule has 6 heteroatoms. The van der Waals surface area contributed by atoms with Crippen LogP contribution >= 0.6 is 22.9 Å². The van der Waals surface area contributed by atoms with Crippen molar-refractivity contribution in [2.24, 2.45) is 0 Å². The van der Waals surface area contributed by atoms with E-state index in [2.05, 4.69) is 15.0 Å². The van der Waals surface area contributed by atoms with Crippen LogP contribution < -0.4 is 4.90 Å². The summed E-state index contributed by atoms with van der Waals surface area (Å²) in [5.74, 6) is 0.748. The number of aryl methyl sites for hydroxylation is 1. The van der Waals surface area contributed by atoms with Gasteiger partial charge in [0.1, 0.15) is 11.0 Å². The largest absolute Gasteiger partial charge is 0.352 e. The van der Waals surface area contributed by atoms with Gasteiger partial charge in [-0.3, -0.25) is 4.98 Å². The van der Waals surface area contributed by atoms with Crippen molar-refractivity contribution in [3.05, 3.63) is 33.6 Å². The number of hydrogen-bond acceptors (Lipinski definition) is 5. The molecular formula is C10H11ClN4S. The Bertz CT molecular complexity index is 485. The molecule has 0 spiro atoms. The number of halogens is 1. The lowest BCUT2D eigenvalue weighted by Crippen LogP contribution is -2.18. The fraction of sp³-hybridized carbons (Fsp3) is 0.300. The van der Waals surface area contributed by atoms with E-state index in [0.717, 1.165) is 16.5 Å². The minimum atomic E-state index is 0.402. The topological polar surface area (TPSA) is 41.9 Å². The van der Waals surface area contributed by atoms with Gasteiger partial charge in [0.2, 0.25) is 0 Å². The fourth-order valence-electron chi connectivity index (χ4n) is 1.32. The molecule has 0 saturated heterocycles. The van der Waals surface area contributed by atoms with Crippen LogP contribution in [-0.2, 0) is 6.54 Å². The average molecular weight is 255 g/mol. The van der Waals surface area contributed by atoms with Crippen LogP contribution in [0.15, 0.2) is 17.8 Å². The molecule has 0 aliphatic heterocycles. The minimum absolute atomic E-state index is 0.402. The Hall–Kier alpha value is -1.20. The second-order valence-electron chi connectivity index (χ2n) is 3.41. The number of thiazole rings is 1. The highest BCUT2D eigenvalue weighted by molar-refractivity contribution is 7.09. The molecule has 0 aliphatic rings. The van der Waals surface area contributed by atoms with Crippen LogP contribution in [0.4, 0.5) is 5.82 Å².